The Kier molecular flexibility index (Phi) is 8.53. The highest BCUT2D eigenvalue weighted by atomic mass is 32.2. The van der Waals surface area contributed by atoms with Crippen LogP contribution in [0.1, 0.15) is 32.3 Å². The highest BCUT2D eigenvalue weighted by Crippen LogP contribution is 2.16. The SMILES string of the molecule is CCNC(=NCc1ccc(S(=O)(=O)NCCOC)cc1)N1CCCC(C)C1. The van der Waals surface area contributed by atoms with Crippen LogP contribution in [-0.2, 0) is 21.3 Å². The minimum Gasteiger partial charge on any atom is -0.383 e. The number of rotatable bonds is 8. The van der Waals surface area contributed by atoms with E-state index in [9.17, 15) is 8.42 Å². The van der Waals surface area contributed by atoms with Gasteiger partial charge in [0.2, 0.25) is 10.0 Å². The van der Waals surface area contributed by atoms with Crippen molar-refractivity contribution in [1.82, 2.24) is 14.9 Å². The number of methoxy groups -OCH3 is 1. The lowest BCUT2D eigenvalue weighted by molar-refractivity contribution is 0.204. The number of aliphatic imine (C=N–C) groups is 1. The number of hydrogen-bond acceptors (Lipinski definition) is 4. The quantitative estimate of drug-likeness (QED) is 0.398. The minimum atomic E-state index is -3.50. The molecule has 7 nitrogen and oxygen atoms in total. The van der Waals surface area contributed by atoms with Crippen LogP contribution in [0.4, 0.5) is 0 Å². The van der Waals surface area contributed by atoms with Gasteiger partial charge in [-0.1, -0.05) is 19.1 Å². The van der Waals surface area contributed by atoms with E-state index < -0.39 is 10.0 Å². The van der Waals surface area contributed by atoms with Gasteiger partial charge < -0.3 is 15.0 Å². The maximum absolute atomic E-state index is 12.2. The lowest BCUT2D eigenvalue weighted by Gasteiger charge is -2.33. The molecule has 2 N–H and O–H groups in total. The third kappa shape index (κ3) is 6.79. The van der Waals surface area contributed by atoms with Crippen molar-refractivity contribution in [2.24, 2.45) is 10.9 Å². The molecular weight excluding hydrogens is 364 g/mol. The van der Waals surface area contributed by atoms with Crippen molar-refractivity contribution < 1.29 is 13.2 Å². The number of nitrogens with zero attached hydrogens (tertiary/aromatic N) is 2. The first kappa shape index (κ1) is 21.7. The summed E-state index contributed by atoms with van der Waals surface area (Å²) in [6, 6.07) is 6.87. The van der Waals surface area contributed by atoms with Gasteiger partial charge in [-0.15, -0.1) is 0 Å². The second kappa shape index (κ2) is 10.6. The Labute approximate surface area is 163 Å². The van der Waals surface area contributed by atoms with Crippen LogP contribution in [0.3, 0.4) is 0 Å². The van der Waals surface area contributed by atoms with Gasteiger partial charge in [0.25, 0.3) is 0 Å². The fourth-order valence-electron chi connectivity index (χ4n) is 3.11. The van der Waals surface area contributed by atoms with E-state index in [4.69, 9.17) is 9.73 Å². The molecule has 0 aromatic heterocycles. The number of sulfonamides is 1. The number of benzene rings is 1. The molecule has 1 saturated heterocycles. The Balaban J connectivity index is 2.02. The zero-order valence-electron chi connectivity index (χ0n) is 16.6. The molecule has 8 heteroatoms. The van der Waals surface area contributed by atoms with Crippen molar-refractivity contribution in [3.05, 3.63) is 29.8 Å². The number of hydrogen-bond donors (Lipinski definition) is 2. The summed E-state index contributed by atoms with van der Waals surface area (Å²) in [7, 11) is -1.96. The maximum Gasteiger partial charge on any atom is 0.240 e. The third-order valence-corrected chi connectivity index (χ3v) is 6.01. The van der Waals surface area contributed by atoms with Gasteiger partial charge >= 0.3 is 0 Å². The van der Waals surface area contributed by atoms with Gasteiger partial charge in [0.05, 0.1) is 18.0 Å². The number of guanidine groups is 1. The van der Waals surface area contributed by atoms with Gasteiger partial charge in [0.1, 0.15) is 0 Å². The summed E-state index contributed by atoms with van der Waals surface area (Å²) in [6.07, 6.45) is 2.46. The van der Waals surface area contributed by atoms with Crippen LogP contribution in [0.15, 0.2) is 34.2 Å². The van der Waals surface area contributed by atoms with E-state index in [1.165, 1.54) is 20.0 Å². The van der Waals surface area contributed by atoms with Gasteiger partial charge in [0.15, 0.2) is 5.96 Å². The largest absolute Gasteiger partial charge is 0.383 e. The Morgan fingerprint density at radius 1 is 1.33 bits per heavy atom. The van der Waals surface area contributed by atoms with E-state index in [0.29, 0.717) is 19.1 Å². The molecule has 1 aliphatic heterocycles. The monoisotopic (exact) mass is 396 g/mol. The summed E-state index contributed by atoms with van der Waals surface area (Å²) in [5.74, 6) is 1.61. The molecular formula is C19H32N4O3S. The molecule has 1 fully saturated rings. The second-order valence-electron chi connectivity index (χ2n) is 6.90. The summed E-state index contributed by atoms with van der Waals surface area (Å²) in [5.41, 5.74) is 0.978. The van der Waals surface area contributed by atoms with Crippen LogP contribution in [0.2, 0.25) is 0 Å². The maximum atomic E-state index is 12.2. The molecule has 1 unspecified atom stereocenters. The van der Waals surface area contributed by atoms with Crippen molar-refractivity contribution >= 4 is 16.0 Å². The lowest BCUT2D eigenvalue weighted by atomic mass is 10.0. The first-order valence-electron chi connectivity index (χ1n) is 9.57. The predicted octanol–water partition coefficient (Wildman–Crippen LogP) is 1.81. The summed E-state index contributed by atoms with van der Waals surface area (Å²) < 4.78 is 31.8. The topological polar surface area (TPSA) is 83.0 Å². The molecule has 1 atom stereocenters. The first-order valence-corrected chi connectivity index (χ1v) is 11.1. The van der Waals surface area contributed by atoms with E-state index in [1.54, 1.807) is 12.1 Å². The third-order valence-electron chi connectivity index (χ3n) is 4.53. The molecule has 1 heterocycles. The first-order chi connectivity index (χ1) is 13.0. The van der Waals surface area contributed by atoms with Gasteiger partial charge in [0, 0.05) is 33.3 Å². The molecule has 0 radical (unpaired) electrons. The minimum absolute atomic E-state index is 0.253. The Hall–Kier alpha value is -1.64. The van der Waals surface area contributed by atoms with Crippen LogP contribution < -0.4 is 10.0 Å². The Morgan fingerprint density at radius 3 is 2.70 bits per heavy atom. The molecule has 0 aliphatic carbocycles. The Morgan fingerprint density at radius 2 is 2.07 bits per heavy atom. The number of ether oxygens (including phenoxy) is 1. The van der Waals surface area contributed by atoms with Crippen molar-refractivity contribution in [1.29, 1.82) is 0 Å². The van der Waals surface area contributed by atoms with E-state index in [0.717, 1.165) is 31.2 Å². The smallest absolute Gasteiger partial charge is 0.240 e. The van der Waals surface area contributed by atoms with Crippen molar-refractivity contribution in [2.45, 2.75) is 38.1 Å². The van der Waals surface area contributed by atoms with Gasteiger partial charge in [-0.3, -0.25) is 0 Å². The number of nitrogens with one attached hydrogen (secondary N) is 2. The zero-order chi connectivity index (χ0) is 19.7. The molecule has 0 bridgehead atoms. The van der Waals surface area contributed by atoms with E-state index in [-0.39, 0.29) is 11.4 Å². The van der Waals surface area contributed by atoms with Crippen LogP contribution in [0.25, 0.3) is 0 Å². The summed E-state index contributed by atoms with van der Waals surface area (Å²) in [5, 5.41) is 3.37. The van der Waals surface area contributed by atoms with E-state index in [1.807, 2.05) is 12.1 Å². The number of piperidine rings is 1. The molecule has 1 aliphatic rings. The Bertz CT molecular complexity index is 704. The molecule has 2 rings (SSSR count). The second-order valence-corrected chi connectivity index (χ2v) is 8.67. The van der Waals surface area contributed by atoms with E-state index in [2.05, 4.69) is 28.8 Å². The summed E-state index contributed by atoms with van der Waals surface area (Å²) >= 11 is 0. The molecule has 1 aromatic rings. The normalized spacial score (nSPS) is 18.6. The molecule has 1 aromatic carbocycles. The zero-order valence-corrected chi connectivity index (χ0v) is 17.4. The summed E-state index contributed by atoms with van der Waals surface area (Å²) in [6.45, 7) is 8.34. The van der Waals surface area contributed by atoms with Crippen molar-refractivity contribution in [3.8, 4) is 0 Å². The van der Waals surface area contributed by atoms with Crippen LogP contribution in [0.5, 0.6) is 0 Å². The molecule has 0 spiro atoms. The highest BCUT2D eigenvalue weighted by Gasteiger charge is 2.19. The molecule has 0 saturated carbocycles. The molecule has 152 valence electrons. The van der Waals surface area contributed by atoms with Gasteiger partial charge in [-0.25, -0.2) is 18.1 Å². The van der Waals surface area contributed by atoms with Crippen LogP contribution in [0, 0.1) is 5.92 Å². The van der Waals surface area contributed by atoms with Gasteiger partial charge in [-0.2, -0.15) is 0 Å². The van der Waals surface area contributed by atoms with E-state index >= 15 is 0 Å². The van der Waals surface area contributed by atoms with Gasteiger partial charge in [-0.05, 0) is 43.4 Å². The predicted molar refractivity (Wildman–Crippen MR) is 108 cm³/mol. The highest BCUT2D eigenvalue weighted by molar-refractivity contribution is 7.89. The van der Waals surface area contributed by atoms with Crippen LogP contribution >= 0.6 is 0 Å². The average molecular weight is 397 g/mol. The molecule has 27 heavy (non-hydrogen) atoms. The average Bonchev–Trinajstić information content (AvgIpc) is 2.65. The fraction of sp³-hybridized carbons (Fsp3) is 0.632. The van der Waals surface area contributed by atoms with Crippen molar-refractivity contribution in [2.75, 3.05) is 39.9 Å². The van der Waals surface area contributed by atoms with Crippen LogP contribution in [-0.4, -0.2) is 59.2 Å². The van der Waals surface area contributed by atoms with Crippen molar-refractivity contribution in [3.63, 3.8) is 0 Å². The number of likely N-dealkylation sites (tertiary alicyclic amines) is 1. The standard InChI is InChI=1S/C19H32N4O3S/c1-4-20-19(23-12-5-6-16(2)15-23)21-14-17-7-9-18(10-8-17)27(24,25)22-11-13-26-3/h7-10,16,22H,4-6,11-15H2,1-3H3,(H,20,21). The fourth-order valence-corrected chi connectivity index (χ4v) is 4.12. The lowest BCUT2D eigenvalue weighted by Crippen LogP contribution is -2.46. The summed E-state index contributed by atoms with van der Waals surface area (Å²) in [4.78, 5) is 7.31. The molecule has 0 amide bonds.